The lowest BCUT2D eigenvalue weighted by Crippen LogP contribution is -2.21. The van der Waals surface area contributed by atoms with E-state index in [4.69, 9.17) is 0 Å². The summed E-state index contributed by atoms with van der Waals surface area (Å²) in [6.07, 6.45) is 2.91. The van der Waals surface area contributed by atoms with Crippen molar-refractivity contribution in [2.75, 3.05) is 0 Å². The number of nitrogens with zero attached hydrogens (tertiary/aromatic N) is 1. The van der Waals surface area contributed by atoms with Crippen LogP contribution in [0, 0.1) is 0 Å². The maximum Gasteiger partial charge on any atom is 0.0972 e. The van der Waals surface area contributed by atoms with Crippen LogP contribution >= 0.6 is 11.3 Å². The van der Waals surface area contributed by atoms with Gasteiger partial charge in [0.25, 0.3) is 0 Å². The summed E-state index contributed by atoms with van der Waals surface area (Å²) in [7, 11) is 0. The number of hydrogen-bond acceptors (Lipinski definition) is 3. The molecule has 0 saturated heterocycles. The quantitative estimate of drug-likeness (QED) is 0.755. The molecule has 0 aliphatic heterocycles. The first kappa shape index (κ1) is 14.2. The van der Waals surface area contributed by atoms with Crippen molar-refractivity contribution in [3.63, 3.8) is 0 Å². The summed E-state index contributed by atoms with van der Waals surface area (Å²) in [6, 6.07) is 15.6. The van der Waals surface area contributed by atoms with E-state index in [1.54, 1.807) is 11.3 Å². The van der Waals surface area contributed by atoms with E-state index in [0.29, 0.717) is 6.04 Å². The highest BCUT2D eigenvalue weighted by Crippen LogP contribution is 2.23. The zero-order valence-corrected chi connectivity index (χ0v) is 13.3. The van der Waals surface area contributed by atoms with E-state index in [-0.39, 0.29) is 0 Å². The SMILES string of the molecule is CC(C)NCc1cnc(Cc2cccc3ccccc23)s1. The lowest BCUT2D eigenvalue weighted by atomic mass is 10.0. The van der Waals surface area contributed by atoms with E-state index in [2.05, 4.69) is 66.6 Å². The molecule has 108 valence electrons. The van der Waals surface area contributed by atoms with E-state index < -0.39 is 0 Å². The van der Waals surface area contributed by atoms with Crippen LogP contribution in [0.3, 0.4) is 0 Å². The van der Waals surface area contributed by atoms with Gasteiger partial charge < -0.3 is 5.32 Å². The standard InChI is InChI=1S/C18H20N2S/c1-13(2)19-11-16-12-20-18(21-16)10-15-8-5-7-14-6-3-4-9-17(14)15/h3-9,12-13,19H,10-11H2,1-2H3. The summed E-state index contributed by atoms with van der Waals surface area (Å²) in [5, 5.41) is 7.26. The van der Waals surface area contributed by atoms with Gasteiger partial charge in [-0.05, 0) is 16.3 Å². The summed E-state index contributed by atoms with van der Waals surface area (Å²) < 4.78 is 0. The molecule has 1 heterocycles. The number of thiazole rings is 1. The van der Waals surface area contributed by atoms with Crippen LogP contribution in [0.5, 0.6) is 0 Å². The van der Waals surface area contributed by atoms with Crippen LogP contribution in [0.4, 0.5) is 0 Å². The van der Waals surface area contributed by atoms with E-state index in [1.807, 2.05) is 6.20 Å². The van der Waals surface area contributed by atoms with Crippen molar-refractivity contribution in [3.8, 4) is 0 Å². The van der Waals surface area contributed by atoms with Crippen LogP contribution in [0.25, 0.3) is 10.8 Å². The lowest BCUT2D eigenvalue weighted by Gasteiger charge is -2.05. The lowest BCUT2D eigenvalue weighted by molar-refractivity contribution is 0.593. The molecular weight excluding hydrogens is 276 g/mol. The Hall–Kier alpha value is -1.71. The van der Waals surface area contributed by atoms with Crippen LogP contribution in [0.1, 0.15) is 29.3 Å². The van der Waals surface area contributed by atoms with Crippen molar-refractivity contribution in [2.24, 2.45) is 0 Å². The second kappa shape index (κ2) is 6.37. The van der Waals surface area contributed by atoms with Crippen LogP contribution in [-0.4, -0.2) is 11.0 Å². The summed E-state index contributed by atoms with van der Waals surface area (Å²) in [4.78, 5) is 5.88. The van der Waals surface area contributed by atoms with Gasteiger partial charge in [-0.15, -0.1) is 11.3 Å². The fourth-order valence-electron chi connectivity index (χ4n) is 2.43. The Morgan fingerprint density at radius 2 is 1.90 bits per heavy atom. The summed E-state index contributed by atoms with van der Waals surface area (Å²) in [6.45, 7) is 5.24. The third-order valence-corrected chi connectivity index (χ3v) is 4.50. The minimum Gasteiger partial charge on any atom is -0.310 e. The number of nitrogens with one attached hydrogen (secondary N) is 1. The Labute approximate surface area is 129 Å². The van der Waals surface area contributed by atoms with Gasteiger partial charge in [-0.2, -0.15) is 0 Å². The van der Waals surface area contributed by atoms with Crippen molar-refractivity contribution >= 4 is 22.1 Å². The molecule has 0 aliphatic carbocycles. The van der Waals surface area contributed by atoms with Crippen molar-refractivity contribution in [1.29, 1.82) is 0 Å². The van der Waals surface area contributed by atoms with Gasteiger partial charge >= 0.3 is 0 Å². The summed E-state index contributed by atoms with van der Waals surface area (Å²) in [5.41, 5.74) is 1.35. The van der Waals surface area contributed by atoms with E-state index >= 15 is 0 Å². The molecule has 0 bridgehead atoms. The molecule has 0 amide bonds. The molecule has 21 heavy (non-hydrogen) atoms. The third-order valence-electron chi connectivity index (χ3n) is 3.51. The summed E-state index contributed by atoms with van der Waals surface area (Å²) >= 11 is 1.80. The van der Waals surface area contributed by atoms with Gasteiger partial charge in [0.15, 0.2) is 0 Å². The Morgan fingerprint density at radius 1 is 1.10 bits per heavy atom. The number of rotatable bonds is 5. The van der Waals surface area contributed by atoms with Gasteiger partial charge in [0.2, 0.25) is 0 Å². The third kappa shape index (κ3) is 3.49. The van der Waals surface area contributed by atoms with Crippen LogP contribution in [-0.2, 0) is 13.0 Å². The minimum absolute atomic E-state index is 0.508. The van der Waals surface area contributed by atoms with Crippen molar-refractivity contribution in [2.45, 2.75) is 32.9 Å². The second-order valence-corrected chi connectivity index (χ2v) is 6.77. The van der Waals surface area contributed by atoms with Gasteiger partial charge in [-0.3, -0.25) is 0 Å². The van der Waals surface area contributed by atoms with Gasteiger partial charge in [0.05, 0.1) is 5.01 Å². The molecule has 0 saturated carbocycles. The fourth-order valence-corrected chi connectivity index (χ4v) is 3.32. The fraction of sp³-hybridized carbons (Fsp3) is 0.278. The zero-order chi connectivity index (χ0) is 14.7. The molecule has 3 rings (SSSR count). The number of hydrogen-bond donors (Lipinski definition) is 1. The molecule has 3 aromatic rings. The zero-order valence-electron chi connectivity index (χ0n) is 12.5. The molecule has 3 heteroatoms. The molecule has 0 unspecified atom stereocenters. The molecule has 0 atom stereocenters. The van der Waals surface area contributed by atoms with Crippen LogP contribution in [0.15, 0.2) is 48.7 Å². The first-order chi connectivity index (χ1) is 10.2. The van der Waals surface area contributed by atoms with Gasteiger partial charge in [0.1, 0.15) is 0 Å². The molecule has 0 spiro atoms. The van der Waals surface area contributed by atoms with Crippen molar-refractivity contribution in [3.05, 3.63) is 64.1 Å². The molecule has 0 aliphatic rings. The largest absolute Gasteiger partial charge is 0.310 e. The number of benzene rings is 2. The van der Waals surface area contributed by atoms with Crippen molar-refractivity contribution < 1.29 is 0 Å². The maximum absolute atomic E-state index is 4.57. The van der Waals surface area contributed by atoms with Crippen LogP contribution < -0.4 is 5.32 Å². The first-order valence-electron chi connectivity index (χ1n) is 7.36. The average Bonchev–Trinajstić information content (AvgIpc) is 2.93. The van der Waals surface area contributed by atoms with E-state index in [9.17, 15) is 0 Å². The topological polar surface area (TPSA) is 24.9 Å². The number of fused-ring (bicyclic) bond motifs is 1. The Kier molecular flexibility index (Phi) is 4.32. The second-order valence-electron chi connectivity index (χ2n) is 5.57. The van der Waals surface area contributed by atoms with Crippen LogP contribution in [0.2, 0.25) is 0 Å². The average molecular weight is 296 g/mol. The Balaban J connectivity index is 1.79. The molecule has 2 nitrogen and oxygen atoms in total. The molecular formula is C18H20N2S. The van der Waals surface area contributed by atoms with Gasteiger partial charge in [-0.1, -0.05) is 56.3 Å². The first-order valence-corrected chi connectivity index (χ1v) is 8.17. The molecule has 1 N–H and O–H groups in total. The van der Waals surface area contributed by atoms with E-state index in [1.165, 1.54) is 26.2 Å². The smallest absolute Gasteiger partial charge is 0.0972 e. The van der Waals surface area contributed by atoms with Gasteiger partial charge in [0, 0.05) is 30.1 Å². The van der Waals surface area contributed by atoms with E-state index in [0.717, 1.165) is 13.0 Å². The molecule has 2 aromatic carbocycles. The Morgan fingerprint density at radius 3 is 2.76 bits per heavy atom. The number of aromatic nitrogens is 1. The van der Waals surface area contributed by atoms with Crippen molar-refractivity contribution in [1.82, 2.24) is 10.3 Å². The molecule has 0 radical (unpaired) electrons. The molecule has 0 fully saturated rings. The monoisotopic (exact) mass is 296 g/mol. The predicted molar refractivity (Wildman–Crippen MR) is 90.8 cm³/mol. The Bertz CT molecular complexity index is 725. The highest BCUT2D eigenvalue weighted by Gasteiger charge is 2.06. The van der Waals surface area contributed by atoms with Gasteiger partial charge in [-0.25, -0.2) is 4.98 Å². The molecule has 1 aromatic heterocycles. The maximum atomic E-state index is 4.57. The predicted octanol–water partition coefficient (Wildman–Crippen LogP) is 4.39. The normalized spacial score (nSPS) is 11.4. The summed E-state index contributed by atoms with van der Waals surface area (Å²) in [5.74, 6) is 0. The minimum atomic E-state index is 0.508. The highest BCUT2D eigenvalue weighted by atomic mass is 32.1. The highest BCUT2D eigenvalue weighted by molar-refractivity contribution is 7.11.